The third-order valence-corrected chi connectivity index (χ3v) is 8.78. The van der Waals surface area contributed by atoms with Crippen LogP contribution in [0.25, 0.3) is 20.2 Å². The second-order valence-electron chi connectivity index (χ2n) is 9.49. The Morgan fingerprint density at radius 1 is 0.766 bits per heavy atom. The Labute approximate surface area is 289 Å². The number of rotatable bonds is 13. The molecular weight excluding hydrogens is 657 g/mol. The van der Waals surface area contributed by atoms with Gasteiger partial charge < -0.3 is 34.3 Å². The van der Waals surface area contributed by atoms with Gasteiger partial charge in [0.1, 0.15) is 0 Å². The van der Waals surface area contributed by atoms with Gasteiger partial charge in [0.05, 0.1) is 57.1 Å². The van der Waals surface area contributed by atoms with Gasteiger partial charge in [0.15, 0.2) is 46.2 Å². The average Bonchev–Trinajstić information content (AvgIpc) is 3.65. The van der Waals surface area contributed by atoms with Crippen LogP contribution >= 0.6 is 22.7 Å². The van der Waals surface area contributed by atoms with E-state index in [4.69, 9.17) is 28.8 Å². The van der Waals surface area contributed by atoms with Gasteiger partial charge in [-0.25, -0.2) is 8.78 Å². The molecule has 4 aromatic rings. The van der Waals surface area contributed by atoms with Crippen molar-refractivity contribution in [2.45, 2.75) is 33.1 Å². The summed E-state index contributed by atoms with van der Waals surface area (Å²) in [5, 5.41) is 9.41. The number of thiophene rings is 2. The molecule has 0 saturated carbocycles. The van der Waals surface area contributed by atoms with Crippen LogP contribution in [-0.4, -0.2) is 69.1 Å². The fourth-order valence-corrected chi connectivity index (χ4v) is 6.28. The van der Waals surface area contributed by atoms with E-state index < -0.39 is 29.5 Å². The number of ether oxygens (including phenoxy) is 5. The fourth-order valence-electron chi connectivity index (χ4n) is 4.19. The molecule has 250 valence electrons. The van der Waals surface area contributed by atoms with Crippen molar-refractivity contribution in [1.82, 2.24) is 0 Å². The van der Waals surface area contributed by atoms with Crippen molar-refractivity contribution in [3.05, 3.63) is 45.7 Å². The van der Waals surface area contributed by atoms with Gasteiger partial charge in [-0.2, -0.15) is 0 Å². The Hall–Kier alpha value is -3.74. The smallest absolute Gasteiger partial charge is 0.870 e. The van der Waals surface area contributed by atoms with Crippen LogP contribution < -0.4 is 37.8 Å². The number of benzene rings is 2. The van der Waals surface area contributed by atoms with Crippen LogP contribution in [0.4, 0.5) is 8.78 Å². The first-order chi connectivity index (χ1) is 21.4. The van der Waals surface area contributed by atoms with Crippen LogP contribution in [0.3, 0.4) is 0 Å². The minimum absolute atomic E-state index is 0. The molecule has 4 rings (SSSR count). The van der Waals surface area contributed by atoms with Gasteiger partial charge in [0.2, 0.25) is 0 Å². The number of fused-ring (bicyclic) bond motifs is 2. The van der Waals surface area contributed by atoms with Crippen molar-refractivity contribution < 1.29 is 81.1 Å². The van der Waals surface area contributed by atoms with Gasteiger partial charge in [-0.3, -0.25) is 19.2 Å². The van der Waals surface area contributed by atoms with Crippen LogP contribution in [0.2, 0.25) is 0 Å². The third kappa shape index (κ3) is 9.65. The molecule has 0 radical (unpaired) electrons. The summed E-state index contributed by atoms with van der Waals surface area (Å²) in [4.78, 5) is 47.1. The van der Waals surface area contributed by atoms with Crippen molar-refractivity contribution in [2.75, 3.05) is 35.0 Å². The molecule has 0 spiro atoms. The van der Waals surface area contributed by atoms with Gasteiger partial charge in [0, 0.05) is 45.1 Å². The quantitative estimate of drug-likeness (QED) is 0.123. The Kier molecular flexibility index (Phi) is 16.3. The molecule has 0 aliphatic carbocycles. The predicted octanol–water partition coefficient (Wildman–Crippen LogP) is 3.76. The summed E-state index contributed by atoms with van der Waals surface area (Å²) in [6.45, 7) is 3.44. The maximum absolute atomic E-state index is 14.4. The van der Waals surface area contributed by atoms with Gasteiger partial charge in [0.25, 0.3) is 0 Å². The maximum Gasteiger partial charge on any atom is 1.00 e. The number of hydrogen-bond donors (Lipinski definition) is 1. The molecule has 0 fully saturated rings. The molecule has 0 aliphatic rings. The molecule has 16 heteroatoms. The number of hydrogen-bond acceptors (Lipinski definition) is 12. The number of Topliss-reactive ketones (excluding diaryl/α,β-unsaturated/α-hetero) is 2. The van der Waals surface area contributed by atoms with Crippen LogP contribution in [0.1, 0.15) is 52.5 Å². The zero-order chi connectivity index (χ0) is 33.4. The molecule has 1 atom stereocenters. The molecule has 0 saturated heterocycles. The molecule has 11 nitrogen and oxygen atoms in total. The summed E-state index contributed by atoms with van der Waals surface area (Å²) in [5.41, 5.74) is 0. The normalized spacial score (nSPS) is 10.9. The average molecular weight is 691 g/mol. The second-order valence-corrected chi connectivity index (χ2v) is 11.7. The van der Waals surface area contributed by atoms with Gasteiger partial charge in [-0.15, -0.1) is 22.7 Å². The number of carboxylic acid groups (broad SMARTS) is 1. The molecule has 2 aromatic carbocycles. The number of methoxy groups -OCH3 is 4. The van der Waals surface area contributed by atoms with E-state index in [9.17, 15) is 28.0 Å². The largest absolute Gasteiger partial charge is 1.00 e. The Bertz CT molecular complexity index is 1740. The summed E-state index contributed by atoms with van der Waals surface area (Å²) in [5.74, 6) is -3.47. The van der Waals surface area contributed by atoms with Gasteiger partial charge in [-0.05, 0) is 19.1 Å². The second kappa shape index (κ2) is 18.6. The summed E-state index contributed by atoms with van der Waals surface area (Å²) >= 11 is 2.26. The SMILES string of the molecule is CCOC(=O)CCC(=O)c1cc2c(F)c(OC)c(OC)cc2s1.COc1cc2sc(C(=O)C[C@H](C)C(=O)O)cc2c(F)c1OC.[Li+].[OH-]. The summed E-state index contributed by atoms with van der Waals surface area (Å²) in [6.07, 6.45) is -0.0877. The number of esters is 1. The zero-order valence-corrected chi connectivity index (χ0v) is 28.5. The predicted molar refractivity (Wildman–Crippen MR) is 168 cm³/mol. The number of carbonyl (C=O) groups is 4. The monoisotopic (exact) mass is 690 g/mol. The van der Waals surface area contributed by atoms with Crippen LogP contribution in [0.15, 0.2) is 24.3 Å². The van der Waals surface area contributed by atoms with Crippen LogP contribution in [0, 0.1) is 17.6 Å². The Morgan fingerprint density at radius 2 is 1.21 bits per heavy atom. The Balaban J connectivity index is 0.000000451. The van der Waals surface area contributed by atoms with Crippen molar-refractivity contribution in [3.63, 3.8) is 0 Å². The summed E-state index contributed by atoms with van der Waals surface area (Å²) in [6, 6.07) is 6.13. The van der Waals surface area contributed by atoms with E-state index in [2.05, 4.69) is 0 Å². The van der Waals surface area contributed by atoms with E-state index in [0.29, 0.717) is 24.5 Å². The Morgan fingerprint density at radius 3 is 1.60 bits per heavy atom. The fraction of sp³-hybridized carbons (Fsp3) is 0.355. The molecule has 47 heavy (non-hydrogen) atoms. The molecule has 2 heterocycles. The van der Waals surface area contributed by atoms with Crippen LogP contribution in [0.5, 0.6) is 23.0 Å². The number of halogens is 2. The van der Waals surface area contributed by atoms with E-state index >= 15 is 0 Å². The molecule has 0 bridgehead atoms. The molecule has 2 N–H and O–H groups in total. The summed E-state index contributed by atoms with van der Waals surface area (Å²) < 4.78 is 54.9. The molecule has 2 aromatic heterocycles. The first-order valence-corrected chi connectivity index (χ1v) is 15.2. The topological polar surface area (TPSA) is 165 Å². The first-order valence-electron chi connectivity index (χ1n) is 13.5. The van der Waals surface area contributed by atoms with Gasteiger partial charge >= 0.3 is 30.8 Å². The number of ketones is 2. The van der Waals surface area contributed by atoms with E-state index in [1.807, 2.05) is 0 Å². The molecule has 0 amide bonds. The van der Waals surface area contributed by atoms with E-state index in [1.54, 1.807) is 19.1 Å². The van der Waals surface area contributed by atoms with Crippen molar-refractivity contribution in [2.24, 2.45) is 5.92 Å². The standard InChI is InChI=1S/C16H17FO5S.C15H15FO5S.Li.H2O/c1-4-22-14(19)6-5-10(18)13-7-9-12(23-13)8-11(20-2)16(21-3)15(9)17;1-7(15(18)19)4-9(17)12-5-8-11(22-12)6-10(20-2)14(21-3)13(8)16;;/h7-8H,4-6H2,1-3H3;5-7H,4H2,1-3H3,(H,18,19);;1H2/q;;+1;/p-1/t;7-;;/m.0../s1. The van der Waals surface area contributed by atoms with E-state index in [0.717, 1.165) is 22.7 Å². The molecule has 0 aliphatic heterocycles. The molecular formula is C31H33F2LiO11S2. The maximum atomic E-state index is 14.4. The third-order valence-electron chi connectivity index (χ3n) is 6.54. The zero-order valence-electron chi connectivity index (χ0n) is 26.9. The molecule has 0 unspecified atom stereocenters. The summed E-state index contributed by atoms with van der Waals surface area (Å²) in [7, 11) is 5.50. The van der Waals surface area contributed by atoms with Crippen molar-refractivity contribution in [3.8, 4) is 23.0 Å². The minimum Gasteiger partial charge on any atom is -0.870 e. The van der Waals surface area contributed by atoms with E-state index in [1.165, 1.54) is 47.5 Å². The first kappa shape index (κ1) is 41.3. The van der Waals surface area contributed by atoms with Crippen LogP contribution in [-0.2, 0) is 14.3 Å². The minimum atomic E-state index is -1.04. The van der Waals surface area contributed by atoms with Gasteiger partial charge in [-0.1, -0.05) is 6.92 Å². The number of carbonyl (C=O) groups excluding carboxylic acids is 3. The van der Waals surface area contributed by atoms with E-state index in [-0.39, 0.29) is 90.2 Å². The number of carboxylic acids is 1. The van der Waals surface area contributed by atoms with Crippen molar-refractivity contribution in [1.29, 1.82) is 0 Å². The number of aliphatic carboxylic acids is 1. The van der Waals surface area contributed by atoms with Crippen molar-refractivity contribution >= 4 is 66.4 Å².